The normalized spacial score (nSPS) is 16.0. The fraction of sp³-hybridized carbons (Fsp3) is 0.455. The number of hydrogen-bond acceptors (Lipinski definition) is 7. The van der Waals surface area contributed by atoms with Crippen molar-refractivity contribution < 1.29 is 14.3 Å². The maximum Gasteiger partial charge on any atom is 0.210 e. The minimum Gasteiger partial charge on any atom is -0.497 e. The number of hydrogen-bond donors (Lipinski definition) is 0. The van der Waals surface area contributed by atoms with Crippen LogP contribution in [0, 0.1) is 13.8 Å². The quantitative estimate of drug-likeness (QED) is 0.372. The molecule has 1 aliphatic heterocycles. The number of Topliss-reactive ketones (excluding diaryl/α,β-unsaturated/α-hetero) is 1. The molecule has 0 aliphatic carbocycles. The van der Waals surface area contributed by atoms with Gasteiger partial charge in [0.1, 0.15) is 5.75 Å². The maximum absolute atomic E-state index is 12.9. The van der Waals surface area contributed by atoms with Crippen LogP contribution in [-0.2, 0) is 17.8 Å². The van der Waals surface area contributed by atoms with Crippen LogP contribution in [0.2, 0.25) is 0 Å². The number of nitrogens with zero attached hydrogens (tertiary/aromatic N) is 5. The molecule has 164 valence electrons. The van der Waals surface area contributed by atoms with Crippen molar-refractivity contribution >= 4 is 17.5 Å². The summed E-state index contributed by atoms with van der Waals surface area (Å²) in [5.41, 5.74) is 3.90. The van der Waals surface area contributed by atoms with Crippen molar-refractivity contribution in [1.29, 1.82) is 0 Å². The van der Waals surface area contributed by atoms with Crippen molar-refractivity contribution in [3.8, 4) is 5.75 Å². The van der Waals surface area contributed by atoms with E-state index in [0.717, 1.165) is 54.3 Å². The van der Waals surface area contributed by atoms with Crippen LogP contribution in [0.3, 0.4) is 0 Å². The predicted octanol–water partition coefficient (Wildman–Crippen LogP) is 3.30. The molecule has 3 heterocycles. The second-order valence-electron chi connectivity index (χ2n) is 7.71. The first-order chi connectivity index (χ1) is 15.0. The Morgan fingerprint density at radius 2 is 2.10 bits per heavy atom. The van der Waals surface area contributed by atoms with Crippen LogP contribution in [0.25, 0.3) is 0 Å². The number of methoxy groups -OCH3 is 1. The van der Waals surface area contributed by atoms with Crippen LogP contribution < -0.4 is 4.74 Å². The van der Waals surface area contributed by atoms with E-state index in [9.17, 15) is 4.79 Å². The molecule has 0 saturated carbocycles. The molecule has 0 spiro atoms. The van der Waals surface area contributed by atoms with Gasteiger partial charge in [0.15, 0.2) is 5.78 Å². The van der Waals surface area contributed by atoms with Gasteiger partial charge >= 0.3 is 0 Å². The number of benzene rings is 1. The molecular formula is C22H27N5O3S. The molecule has 31 heavy (non-hydrogen) atoms. The van der Waals surface area contributed by atoms with Crippen molar-refractivity contribution in [3.05, 3.63) is 52.8 Å². The van der Waals surface area contributed by atoms with Gasteiger partial charge in [-0.1, -0.05) is 23.9 Å². The lowest BCUT2D eigenvalue weighted by atomic mass is 10.2. The second kappa shape index (κ2) is 9.65. The number of rotatable bonds is 9. The minimum absolute atomic E-state index is 0.0793. The highest BCUT2D eigenvalue weighted by Gasteiger charge is 2.21. The minimum atomic E-state index is 0.0793. The Morgan fingerprint density at radius 1 is 1.29 bits per heavy atom. The molecule has 8 nitrogen and oxygen atoms in total. The van der Waals surface area contributed by atoms with Crippen LogP contribution in [0.5, 0.6) is 5.75 Å². The first kappa shape index (κ1) is 21.6. The summed E-state index contributed by atoms with van der Waals surface area (Å²) in [5.74, 6) is 1.17. The lowest BCUT2D eigenvalue weighted by molar-refractivity contribution is 0.0957. The Bertz CT molecular complexity index is 1040. The highest BCUT2D eigenvalue weighted by atomic mass is 32.2. The highest BCUT2D eigenvalue weighted by Crippen LogP contribution is 2.23. The average molecular weight is 442 g/mol. The molecule has 1 aliphatic rings. The van der Waals surface area contributed by atoms with Gasteiger partial charge in [0.25, 0.3) is 0 Å². The van der Waals surface area contributed by atoms with Gasteiger partial charge in [-0.05, 0) is 60.9 Å². The zero-order chi connectivity index (χ0) is 21.8. The first-order valence-corrected chi connectivity index (χ1v) is 11.4. The molecular weight excluding hydrogens is 414 g/mol. The molecule has 0 amide bonds. The van der Waals surface area contributed by atoms with E-state index in [1.165, 1.54) is 11.8 Å². The van der Waals surface area contributed by atoms with Gasteiger partial charge in [0, 0.05) is 30.1 Å². The smallest absolute Gasteiger partial charge is 0.210 e. The van der Waals surface area contributed by atoms with Gasteiger partial charge in [0.05, 0.1) is 25.5 Å². The van der Waals surface area contributed by atoms with E-state index in [4.69, 9.17) is 9.47 Å². The molecule has 3 aromatic rings. The average Bonchev–Trinajstić information content (AvgIpc) is 3.51. The maximum atomic E-state index is 12.9. The Morgan fingerprint density at radius 3 is 2.81 bits per heavy atom. The fourth-order valence-corrected chi connectivity index (χ4v) is 4.63. The van der Waals surface area contributed by atoms with E-state index in [-0.39, 0.29) is 17.6 Å². The summed E-state index contributed by atoms with van der Waals surface area (Å²) in [6.07, 6.45) is 2.43. The molecule has 1 saturated heterocycles. The number of ether oxygens (including phenoxy) is 2. The topological polar surface area (TPSA) is 84.1 Å². The monoisotopic (exact) mass is 441 g/mol. The second-order valence-corrected chi connectivity index (χ2v) is 8.65. The number of aromatic nitrogens is 5. The molecule has 0 bridgehead atoms. The summed E-state index contributed by atoms with van der Waals surface area (Å²) in [6, 6.07) is 9.74. The van der Waals surface area contributed by atoms with Crippen molar-refractivity contribution in [2.75, 3.05) is 19.5 Å². The summed E-state index contributed by atoms with van der Waals surface area (Å²) < 4.78 is 14.9. The van der Waals surface area contributed by atoms with E-state index in [2.05, 4.69) is 20.1 Å². The molecule has 1 aromatic carbocycles. The van der Waals surface area contributed by atoms with E-state index in [1.54, 1.807) is 11.8 Å². The Labute approximate surface area is 185 Å². The van der Waals surface area contributed by atoms with Crippen molar-refractivity contribution in [2.45, 2.75) is 51.0 Å². The lowest BCUT2D eigenvalue weighted by Gasteiger charge is -2.14. The van der Waals surface area contributed by atoms with Crippen LogP contribution in [0.4, 0.5) is 0 Å². The number of thioether (sulfide) groups is 1. The number of carbonyl (C=O) groups is 1. The Hall–Kier alpha value is -2.65. The van der Waals surface area contributed by atoms with Gasteiger partial charge in [-0.15, -0.1) is 5.10 Å². The van der Waals surface area contributed by atoms with Gasteiger partial charge in [-0.25, -0.2) is 4.68 Å². The molecule has 0 N–H and O–H groups in total. The summed E-state index contributed by atoms with van der Waals surface area (Å²) in [7, 11) is 1.64. The van der Waals surface area contributed by atoms with Crippen LogP contribution in [0.1, 0.15) is 40.2 Å². The summed E-state index contributed by atoms with van der Waals surface area (Å²) >= 11 is 1.36. The Balaban J connectivity index is 1.39. The number of tetrazole rings is 1. The van der Waals surface area contributed by atoms with E-state index >= 15 is 0 Å². The summed E-state index contributed by atoms with van der Waals surface area (Å²) in [6.45, 7) is 6.22. The van der Waals surface area contributed by atoms with Crippen LogP contribution in [-0.4, -0.2) is 56.1 Å². The molecule has 0 radical (unpaired) electrons. The predicted molar refractivity (Wildman–Crippen MR) is 118 cm³/mol. The van der Waals surface area contributed by atoms with Gasteiger partial charge in [-0.3, -0.25) is 4.79 Å². The number of ketones is 1. The first-order valence-electron chi connectivity index (χ1n) is 10.4. The molecule has 4 rings (SSSR count). The third kappa shape index (κ3) is 4.99. The standard InChI is InChI=1S/C22H27N5O3S/c1-15-11-20(16(2)26(15)13-19-5-4-10-30-19)21(28)14-31-22-23-24-25-27(22)12-17-6-8-18(29-3)9-7-17/h6-9,11,19H,4-5,10,12-14H2,1-3H3. The molecule has 1 fully saturated rings. The lowest BCUT2D eigenvalue weighted by Crippen LogP contribution is -2.17. The van der Waals surface area contributed by atoms with Crippen LogP contribution >= 0.6 is 11.8 Å². The van der Waals surface area contributed by atoms with Gasteiger partial charge in [0.2, 0.25) is 5.16 Å². The summed E-state index contributed by atoms with van der Waals surface area (Å²) in [5, 5.41) is 12.6. The van der Waals surface area contributed by atoms with Gasteiger partial charge in [-0.2, -0.15) is 0 Å². The van der Waals surface area contributed by atoms with Crippen LogP contribution in [0.15, 0.2) is 35.5 Å². The zero-order valence-corrected chi connectivity index (χ0v) is 18.9. The largest absolute Gasteiger partial charge is 0.497 e. The fourth-order valence-electron chi connectivity index (χ4n) is 3.87. The summed E-state index contributed by atoms with van der Waals surface area (Å²) in [4.78, 5) is 12.9. The Kier molecular flexibility index (Phi) is 6.72. The molecule has 1 atom stereocenters. The number of carbonyl (C=O) groups excluding carboxylic acids is 1. The number of aryl methyl sites for hydroxylation is 1. The highest BCUT2D eigenvalue weighted by molar-refractivity contribution is 7.99. The van der Waals surface area contributed by atoms with E-state index in [1.807, 2.05) is 44.2 Å². The third-order valence-electron chi connectivity index (χ3n) is 5.61. The SMILES string of the molecule is COc1ccc(Cn2nnnc2SCC(=O)c2cc(C)n(CC3CCCO3)c2C)cc1. The molecule has 9 heteroatoms. The third-order valence-corrected chi connectivity index (χ3v) is 6.56. The van der Waals surface area contributed by atoms with E-state index in [0.29, 0.717) is 11.7 Å². The van der Waals surface area contributed by atoms with Gasteiger partial charge < -0.3 is 14.0 Å². The van der Waals surface area contributed by atoms with Crippen molar-refractivity contribution in [3.63, 3.8) is 0 Å². The molecule has 1 unspecified atom stereocenters. The van der Waals surface area contributed by atoms with Crippen molar-refractivity contribution in [2.24, 2.45) is 0 Å². The zero-order valence-electron chi connectivity index (χ0n) is 18.1. The van der Waals surface area contributed by atoms with E-state index < -0.39 is 0 Å². The van der Waals surface area contributed by atoms with Crippen molar-refractivity contribution in [1.82, 2.24) is 24.8 Å². The molecule has 2 aromatic heterocycles.